The van der Waals surface area contributed by atoms with Crippen LogP contribution >= 0.6 is 0 Å². The number of ether oxygens (including phenoxy) is 1. The van der Waals surface area contributed by atoms with Gasteiger partial charge in [0.2, 0.25) is 5.91 Å². The zero-order valence-electron chi connectivity index (χ0n) is 15.2. The van der Waals surface area contributed by atoms with Crippen LogP contribution in [0.25, 0.3) is 11.4 Å². The Morgan fingerprint density at radius 3 is 2.92 bits per heavy atom. The Labute approximate surface area is 147 Å². The van der Waals surface area contributed by atoms with E-state index in [1.54, 1.807) is 0 Å². The molecule has 2 atom stereocenters. The molecule has 7 heteroatoms. The Bertz CT molecular complexity index is 758. The number of benzene rings is 1. The van der Waals surface area contributed by atoms with Crippen LogP contribution in [0.3, 0.4) is 0 Å². The summed E-state index contributed by atoms with van der Waals surface area (Å²) in [5.41, 5.74) is 2.67. The quantitative estimate of drug-likeness (QED) is 0.889. The molecule has 1 aliphatic heterocycles. The number of anilines is 1. The second-order valence-electron chi connectivity index (χ2n) is 6.74. The van der Waals surface area contributed by atoms with Crippen molar-refractivity contribution in [3.63, 3.8) is 0 Å². The molecule has 0 saturated carbocycles. The van der Waals surface area contributed by atoms with Gasteiger partial charge in [0.25, 0.3) is 0 Å². The lowest BCUT2D eigenvalue weighted by Crippen LogP contribution is -2.50. The van der Waals surface area contributed by atoms with E-state index in [9.17, 15) is 4.79 Å². The van der Waals surface area contributed by atoms with Gasteiger partial charge in [-0.2, -0.15) is 5.10 Å². The summed E-state index contributed by atoms with van der Waals surface area (Å²) in [6.45, 7) is 9.73. The van der Waals surface area contributed by atoms with Crippen molar-refractivity contribution < 1.29 is 9.53 Å². The molecule has 0 radical (unpaired) electrons. The molecule has 1 saturated heterocycles. The minimum Gasteiger partial charge on any atom is -0.376 e. The van der Waals surface area contributed by atoms with Gasteiger partial charge in [0, 0.05) is 23.8 Å². The molecule has 2 heterocycles. The molecule has 1 fully saturated rings. The Kier molecular flexibility index (Phi) is 5.15. The molecule has 0 unspecified atom stereocenters. The number of aromatic nitrogens is 3. The zero-order chi connectivity index (χ0) is 18.0. The minimum atomic E-state index is -0.0210. The molecule has 1 aromatic heterocycles. The van der Waals surface area contributed by atoms with Crippen LogP contribution in [0.1, 0.15) is 25.2 Å². The van der Waals surface area contributed by atoms with Crippen LogP contribution in [0.2, 0.25) is 0 Å². The maximum Gasteiger partial charge on any atom is 0.238 e. The maximum absolute atomic E-state index is 12.5. The third kappa shape index (κ3) is 4.24. The average molecular weight is 343 g/mol. The summed E-state index contributed by atoms with van der Waals surface area (Å²) in [5.74, 6) is 1.37. The number of hydrogen-bond acceptors (Lipinski definition) is 5. The molecule has 3 rings (SSSR count). The van der Waals surface area contributed by atoms with E-state index in [-0.39, 0.29) is 18.1 Å². The molecule has 134 valence electrons. The highest BCUT2D eigenvalue weighted by atomic mass is 16.5. The van der Waals surface area contributed by atoms with Gasteiger partial charge in [-0.15, -0.1) is 0 Å². The van der Waals surface area contributed by atoms with Crippen molar-refractivity contribution in [2.45, 2.75) is 39.8 Å². The fraction of sp³-hybridized carbons (Fsp3) is 0.500. The van der Waals surface area contributed by atoms with Crippen LogP contribution in [0, 0.1) is 13.8 Å². The van der Waals surface area contributed by atoms with Crippen molar-refractivity contribution in [1.82, 2.24) is 20.1 Å². The summed E-state index contributed by atoms with van der Waals surface area (Å²) < 4.78 is 5.62. The van der Waals surface area contributed by atoms with Crippen LogP contribution in [-0.2, 0) is 9.53 Å². The topological polar surface area (TPSA) is 83.1 Å². The van der Waals surface area contributed by atoms with Crippen molar-refractivity contribution in [2.24, 2.45) is 0 Å². The predicted octanol–water partition coefficient (Wildman–Crippen LogP) is 2.14. The third-order valence-electron chi connectivity index (χ3n) is 4.45. The van der Waals surface area contributed by atoms with E-state index >= 15 is 0 Å². The Morgan fingerprint density at radius 2 is 2.20 bits per heavy atom. The first-order valence-electron chi connectivity index (χ1n) is 8.58. The number of morpholine rings is 1. The Hall–Kier alpha value is -2.25. The van der Waals surface area contributed by atoms with Crippen LogP contribution < -0.4 is 5.32 Å². The molecule has 1 amide bonds. The number of rotatable bonds is 4. The van der Waals surface area contributed by atoms with E-state index in [1.165, 1.54) is 0 Å². The van der Waals surface area contributed by atoms with E-state index in [0.29, 0.717) is 19.0 Å². The van der Waals surface area contributed by atoms with E-state index in [4.69, 9.17) is 4.74 Å². The number of carbonyl (C=O) groups is 1. The van der Waals surface area contributed by atoms with Crippen LogP contribution in [-0.4, -0.2) is 57.8 Å². The van der Waals surface area contributed by atoms with Gasteiger partial charge in [-0.25, -0.2) is 4.98 Å². The van der Waals surface area contributed by atoms with E-state index in [1.807, 2.05) is 39.0 Å². The highest BCUT2D eigenvalue weighted by Crippen LogP contribution is 2.23. The van der Waals surface area contributed by atoms with Crippen molar-refractivity contribution in [3.8, 4) is 11.4 Å². The largest absolute Gasteiger partial charge is 0.376 e. The molecule has 7 nitrogen and oxygen atoms in total. The lowest BCUT2D eigenvalue weighted by Gasteiger charge is -2.36. The van der Waals surface area contributed by atoms with E-state index < -0.39 is 0 Å². The van der Waals surface area contributed by atoms with Gasteiger partial charge in [0.05, 0.1) is 19.3 Å². The molecule has 2 aromatic rings. The molecular weight excluding hydrogens is 318 g/mol. The maximum atomic E-state index is 12.5. The number of nitrogens with one attached hydrogen (secondary N) is 2. The fourth-order valence-electron chi connectivity index (χ4n) is 2.93. The summed E-state index contributed by atoms with van der Waals surface area (Å²) in [6, 6.07) is 6.09. The summed E-state index contributed by atoms with van der Waals surface area (Å²) >= 11 is 0. The van der Waals surface area contributed by atoms with Crippen molar-refractivity contribution in [3.05, 3.63) is 29.6 Å². The SMILES string of the molecule is Cc1nc(-c2ccc(C)c(NC(=O)CN3C[C@@H](C)OC[C@@H]3C)c2)n[nH]1. The van der Waals surface area contributed by atoms with Crippen LogP contribution in [0.15, 0.2) is 18.2 Å². The van der Waals surface area contributed by atoms with Crippen molar-refractivity contribution in [2.75, 3.05) is 25.0 Å². The van der Waals surface area contributed by atoms with Gasteiger partial charge < -0.3 is 10.1 Å². The van der Waals surface area contributed by atoms with E-state index in [2.05, 4.69) is 32.3 Å². The summed E-state index contributed by atoms with van der Waals surface area (Å²) in [5, 5.41) is 10.0. The number of nitrogens with zero attached hydrogens (tertiary/aromatic N) is 3. The molecule has 2 N–H and O–H groups in total. The van der Waals surface area contributed by atoms with Crippen molar-refractivity contribution >= 4 is 11.6 Å². The molecule has 1 aliphatic rings. The predicted molar refractivity (Wildman–Crippen MR) is 96.4 cm³/mol. The van der Waals surface area contributed by atoms with E-state index in [0.717, 1.165) is 29.2 Å². The van der Waals surface area contributed by atoms with Crippen LogP contribution in [0.4, 0.5) is 5.69 Å². The molecular formula is C18H25N5O2. The smallest absolute Gasteiger partial charge is 0.238 e. The standard InChI is InChI=1S/C18H25N5O2/c1-11-5-6-15(18-19-14(4)21-22-18)7-16(11)20-17(24)9-23-8-13(3)25-10-12(23)2/h5-7,12-13H,8-10H2,1-4H3,(H,20,24)(H,19,21,22)/t12-,13+/m0/s1. The van der Waals surface area contributed by atoms with Gasteiger partial charge >= 0.3 is 0 Å². The van der Waals surface area contributed by atoms with Gasteiger partial charge in [0.1, 0.15) is 5.82 Å². The number of amides is 1. The first kappa shape index (κ1) is 17.6. The van der Waals surface area contributed by atoms with Gasteiger partial charge in [-0.05, 0) is 39.3 Å². The summed E-state index contributed by atoms with van der Waals surface area (Å²) in [4.78, 5) is 19.0. The average Bonchev–Trinajstić information content (AvgIpc) is 2.99. The number of hydrogen-bond donors (Lipinski definition) is 2. The Balaban J connectivity index is 1.70. The molecule has 0 aliphatic carbocycles. The van der Waals surface area contributed by atoms with Gasteiger partial charge in [0.15, 0.2) is 5.82 Å². The zero-order valence-corrected chi connectivity index (χ0v) is 15.2. The normalized spacial score (nSPS) is 21.3. The molecule has 0 spiro atoms. The lowest BCUT2D eigenvalue weighted by molar-refractivity contribution is -0.121. The second-order valence-corrected chi connectivity index (χ2v) is 6.74. The first-order valence-corrected chi connectivity index (χ1v) is 8.58. The molecule has 0 bridgehead atoms. The number of carbonyl (C=O) groups excluding carboxylic acids is 1. The number of aryl methyl sites for hydroxylation is 2. The highest BCUT2D eigenvalue weighted by molar-refractivity contribution is 5.93. The lowest BCUT2D eigenvalue weighted by atomic mass is 10.1. The summed E-state index contributed by atoms with van der Waals surface area (Å²) in [6.07, 6.45) is 0.156. The number of H-pyrrole nitrogens is 1. The third-order valence-corrected chi connectivity index (χ3v) is 4.45. The minimum absolute atomic E-state index is 0.0210. The van der Waals surface area contributed by atoms with Crippen molar-refractivity contribution in [1.29, 1.82) is 0 Å². The number of aromatic amines is 1. The second kappa shape index (κ2) is 7.33. The highest BCUT2D eigenvalue weighted by Gasteiger charge is 2.25. The summed E-state index contributed by atoms with van der Waals surface area (Å²) in [7, 11) is 0. The molecule has 25 heavy (non-hydrogen) atoms. The van der Waals surface area contributed by atoms with Gasteiger partial charge in [-0.3, -0.25) is 14.8 Å². The van der Waals surface area contributed by atoms with Gasteiger partial charge in [-0.1, -0.05) is 12.1 Å². The molecule has 1 aromatic carbocycles. The first-order chi connectivity index (χ1) is 11.9. The Morgan fingerprint density at radius 1 is 1.40 bits per heavy atom. The van der Waals surface area contributed by atoms with Crippen LogP contribution in [0.5, 0.6) is 0 Å². The fourth-order valence-corrected chi connectivity index (χ4v) is 2.93. The monoisotopic (exact) mass is 343 g/mol.